The van der Waals surface area contributed by atoms with Gasteiger partial charge in [0.05, 0.1) is 0 Å². The third kappa shape index (κ3) is 3.76. The van der Waals surface area contributed by atoms with Gasteiger partial charge in [0, 0.05) is 18.8 Å². The molecule has 0 amide bonds. The van der Waals surface area contributed by atoms with Gasteiger partial charge in [0.15, 0.2) is 0 Å². The van der Waals surface area contributed by atoms with Gasteiger partial charge in [0.1, 0.15) is 0 Å². The van der Waals surface area contributed by atoms with Crippen LogP contribution in [0.4, 0.5) is 0 Å². The lowest BCUT2D eigenvalue weighted by Gasteiger charge is -2.24. The quantitative estimate of drug-likeness (QED) is 0.818. The Morgan fingerprint density at radius 2 is 2.10 bits per heavy atom. The van der Waals surface area contributed by atoms with Crippen molar-refractivity contribution in [1.29, 1.82) is 0 Å². The third-order valence-electron chi connectivity index (χ3n) is 4.26. The van der Waals surface area contributed by atoms with Gasteiger partial charge in [0.2, 0.25) is 0 Å². The summed E-state index contributed by atoms with van der Waals surface area (Å²) < 4.78 is 0. The number of hydrogen-bond acceptors (Lipinski definition) is 2. The first-order chi connectivity index (χ1) is 10.3. The van der Waals surface area contributed by atoms with Crippen LogP contribution in [0.15, 0.2) is 36.5 Å². The SMILES string of the molecule is C=Cc1ccccc1C1=C(NC)CCCCC1NCCC. The molecule has 0 spiro atoms. The molecular formula is C19H28N2. The highest BCUT2D eigenvalue weighted by atomic mass is 14.9. The molecule has 1 aliphatic rings. The maximum atomic E-state index is 3.98. The van der Waals surface area contributed by atoms with Crippen LogP contribution in [0.2, 0.25) is 0 Å². The molecule has 1 unspecified atom stereocenters. The smallest absolute Gasteiger partial charge is 0.0343 e. The van der Waals surface area contributed by atoms with Crippen molar-refractivity contribution in [3.8, 4) is 0 Å². The summed E-state index contributed by atoms with van der Waals surface area (Å²) in [5.74, 6) is 0. The fraction of sp³-hybridized carbons (Fsp3) is 0.474. The Balaban J connectivity index is 2.48. The molecule has 2 rings (SSSR count). The van der Waals surface area contributed by atoms with Crippen molar-refractivity contribution in [2.45, 2.75) is 45.1 Å². The van der Waals surface area contributed by atoms with E-state index < -0.39 is 0 Å². The highest BCUT2D eigenvalue weighted by Gasteiger charge is 2.23. The van der Waals surface area contributed by atoms with Crippen molar-refractivity contribution >= 4 is 11.6 Å². The van der Waals surface area contributed by atoms with E-state index in [1.165, 1.54) is 48.1 Å². The van der Waals surface area contributed by atoms with E-state index in [0.29, 0.717) is 6.04 Å². The summed E-state index contributed by atoms with van der Waals surface area (Å²) in [6, 6.07) is 9.05. The minimum Gasteiger partial charge on any atom is -0.391 e. The van der Waals surface area contributed by atoms with Crippen molar-refractivity contribution in [3.05, 3.63) is 47.7 Å². The molecule has 21 heavy (non-hydrogen) atoms. The molecule has 0 heterocycles. The zero-order valence-electron chi connectivity index (χ0n) is 13.4. The normalized spacial score (nSPS) is 19.2. The van der Waals surface area contributed by atoms with Gasteiger partial charge < -0.3 is 10.6 Å². The Kier molecular flexibility index (Phi) is 6.06. The summed E-state index contributed by atoms with van der Waals surface area (Å²) in [7, 11) is 2.05. The average molecular weight is 284 g/mol. The van der Waals surface area contributed by atoms with Crippen LogP contribution >= 0.6 is 0 Å². The average Bonchev–Trinajstić information content (AvgIpc) is 2.74. The van der Waals surface area contributed by atoms with Crippen molar-refractivity contribution in [2.75, 3.05) is 13.6 Å². The first-order valence-corrected chi connectivity index (χ1v) is 8.17. The largest absolute Gasteiger partial charge is 0.391 e. The summed E-state index contributed by atoms with van der Waals surface area (Å²) in [4.78, 5) is 0. The predicted octanol–water partition coefficient (Wildman–Crippen LogP) is 4.20. The fourth-order valence-corrected chi connectivity index (χ4v) is 3.19. The van der Waals surface area contributed by atoms with E-state index in [0.717, 1.165) is 13.0 Å². The standard InChI is InChI=1S/C19H28N2/c1-4-14-21-18-13-9-8-12-17(20-3)19(18)16-11-7-6-10-15(16)5-2/h5-7,10-11,18,20-21H,2,4,8-9,12-14H2,1,3H3. The lowest BCUT2D eigenvalue weighted by Crippen LogP contribution is -2.32. The maximum absolute atomic E-state index is 3.98. The van der Waals surface area contributed by atoms with Gasteiger partial charge in [0.25, 0.3) is 0 Å². The molecule has 0 fully saturated rings. The van der Waals surface area contributed by atoms with Gasteiger partial charge in [-0.3, -0.25) is 0 Å². The van der Waals surface area contributed by atoms with E-state index in [9.17, 15) is 0 Å². The molecular weight excluding hydrogens is 256 g/mol. The van der Waals surface area contributed by atoms with Crippen LogP contribution in [0.25, 0.3) is 11.6 Å². The Hall–Kier alpha value is -1.54. The second-order valence-electron chi connectivity index (χ2n) is 5.69. The molecule has 2 N–H and O–H groups in total. The van der Waals surface area contributed by atoms with Crippen LogP contribution in [0.5, 0.6) is 0 Å². The topological polar surface area (TPSA) is 24.1 Å². The molecule has 0 saturated heterocycles. The van der Waals surface area contributed by atoms with Crippen LogP contribution < -0.4 is 10.6 Å². The number of nitrogens with one attached hydrogen (secondary N) is 2. The zero-order chi connectivity index (χ0) is 15.1. The van der Waals surface area contributed by atoms with Gasteiger partial charge in [-0.2, -0.15) is 0 Å². The summed E-state index contributed by atoms with van der Waals surface area (Å²) >= 11 is 0. The highest BCUT2D eigenvalue weighted by molar-refractivity contribution is 5.78. The number of hydrogen-bond donors (Lipinski definition) is 2. The van der Waals surface area contributed by atoms with Crippen molar-refractivity contribution in [2.24, 2.45) is 0 Å². The fourth-order valence-electron chi connectivity index (χ4n) is 3.19. The molecule has 114 valence electrons. The third-order valence-corrected chi connectivity index (χ3v) is 4.26. The Morgan fingerprint density at radius 1 is 1.29 bits per heavy atom. The van der Waals surface area contributed by atoms with Crippen LogP contribution in [0.3, 0.4) is 0 Å². The molecule has 1 aromatic carbocycles. The van der Waals surface area contributed by atoms with Crippen molar-refractivity contribution in [1.82, 2.24) is 10.6 Å². The summed E-state index contributed by atoms with van der Waals surface area (Å²) in [5.41, 5.74) is 5.38. The van der Waals surface area contributed by atoms with E-state index >= 15 is 0 Å². The molecule has 2 nitrogen and oxygen atoms in total. The van der Waals surface area contributed by atoms with Gasteiger partial charge in [-0.25, -0.2) is 0 Å². The lowest BCUT2D eigenvalue weighted by molar-refractivity contribution is 0.546. The first-order valence-electron chi connectivity index (χ1n) is 8.17. The van der Waals surface area contributed by atoms with Crippen LogP contribution in [0.1, 0.15) is 50.2 Å². The molecule has 0 aliphatic heterocycles. The van der Waals surface area contributed by atoms with E-state index in [1.54, 1.807) is 0 Å². The van der Waals surface area contributed by atoms with E-state index in [4.69, 9.17) is 0 Å². The van der Waals surface area contributed by atoms with Gasteiger partial charge in [-0.05, 0) is 48.9 Å². The lowest BCUT2D eigenvalue weighted by atomic mass is 9.91. The van der Waals surface area contributed by atoms with E-state index in [-0.39, 0.29) is 0 Å². The molecule has 0 aromatic heterocycles. The van der Waals surface area contributed by atoms with Gasteiger partial charge in [-0.1, -0.05) is 50.3 Å². The van der Waals surface area contributed by atoms with Crippen LogP contribution in [-0.2, 0) is 0 Å². The number of benzene rings is 1. The van der Waals surface area contributed by atoms with Crippen LogP contribution in [-0.4, -0.2) is 19.6 Å². The molecule has 0 bridgehead atoms. The zero-order valence-corrected chi connectivity index (χ0v) is 13.4. The molecule has 0 saturated carbocycles. The molecule has 1 aliphatic carbocycles. The Labute approximate surface area is 129 Å². The van der Waals surface area contributed by atoms with E-state index in [1.807, 2.05) is 13.1 Å². The molecule has 1 atom stereocenters. The second-order valence-corrected chi connectivity index (χ2v) is 5.69. The number of allylic oxidation sites excluding steroid dienone is 1. The molecule has 2 heteroatoms. The highest BCUT2D eigenvalue weighted by Crippen LogP contribution is 2.32. The predicted molar refractivity (Wildman–Crippen MR) is 93.1 cm³/mol. The minimum absolute atomic E-state index is 0.441. The molecule has 1 aromatic rings. The maximum Gasteiger partial charge on any atom is 0.0343 e. The summed E-state index contributed by atoms with van der Waals surface area (Å²) in [6.45, 7) is 7.28. The summed E-state index contributed by atoms with van der Waals surface area (Å²) in [6.07, 6.45) is 8.04. The second kappa shape index (κ2) is 8.04. The first kappa shape index (κ1) is 15.8. The Bertz CT molecular complexity index is 502. The van der Waals surface area contributed by atoms with Gasteiger partial charge >= 0.3 is 0 Å². The molecule has 0 radical (unpaired) electrons. The van der Waals surface area contributed by atoms with Crippen molar-refractivity contribution < 1.29 is 0 Å². The van der Waals surface area contributed by atoms with Gasteiger partial charge in [-0.15, -0.1) is 0 Å². The van der Waals surface area contributed by atoms with Crippen LogP contribution in [0, 0.1) is 0 Å². The van der Waals surface area contributed by atoms with Crippen molar-refractivity contribution in [3.63, 3.8) is 0 Å². The Morgan fingerprint density at radius 3 is 2.81 bits per heavy atom. The number of rotatable bonds is 6. The monoisotopic (exact) mass is 284 g/mol. The minimum atomic E-state index is 0.441. The summed E-state index contributed by atoms with van der Waals surface area (Å²) in [5, 5.41) is 7.20. The van der Waals surface area contributed by atoms with E-state index in [2.05, 4.69) is 48.4 Å².